The smallest absolute Gasteiger partial charge is 0.310 e. The molecular formula is C16H19NO4. The summed E-state index contributed by atoms with van der Waals surface area (Å²) in [4.78, 5) is 35.7. The van der Waals surface area contributed by atoms with Crippen LogP contribution in [0.3, 0.4) is 0 Å². The van der Waals surface area contributed by atoms with Crippen molar-refractivity contribution in [3.8, 4) is 0 Å². The molecule has 0 amide bonds. The van der Waals surface area contributed by atoms with Crippen molar-refractivity contribution in [3.05, 3.63) is 29.8 Å². The van der Waals surface area contributed by atoms with Crippen molar-refractivity contribution < 1.29 is 19.5 Å². The summed E-state index contributed by atoms with van der Waals surface area (Å²) in [5.41, 5.74) is 1.72. The maximum absolute atomic E-state index is 11.7. The van der Waals surface area contributed by atoms with E-state index in [1.165, 1.54) is 6.92 Å². The molecule has 1 aliphatic rings. The summed E-state index contributed by atoms with van der Waals surface area (Å²) in [7, 11) is 0. The molecule has 1 N–H and O–H groups in total. The van der Waals surface area contributed by atoms with Crippen LogP contribution < -0.4 is 4.90 Å². The third-order valence-electron chi connectivity index (χ3n) is 3.91. The van der Waals surface area contributed by atoms with E-state index in [9.17, 15) is 14.4 Å². The van der Waals surface area contributed by atoms with Crippen molar-refractivity contribution in [2.45, 2.75) is 26.2 Å². The standard InChI is InChI=1S/C16H19NO4/c1-11(18)12-2-4-14(5-3-12)17-8-6-13(7-9-17)15(19)10-16(20)21/h2-5,13H,6-10H2,1H3,(H,20,21). The van der Waals surface area contributed by atoms with Gasteiger partial charge < -0.3 is 10.0 Å². The topological polar surface area (TPSA) is 74.7 Å². The van der Waals surface area contributed by atoms with Crippen LogP contribution in [-0.2, 0) is 9.59 Å². The number of piperidine rings is 1. The minimum atomic E-state index is -1.05. The number of carbonyl (C=O) groups excluding carboxylic acids is 2. The summed E-state index contributed by atoms with van der Waals surface area (Å²) in [6.45, 7) is 3.00. The quantitative estimate of drug-likeness (QED) is 0.664. The highest BCUT2D eigenvalue weighted by Crippen LogP contribution is 2.24. The highest BCUT2D eigenvalue weighted by atomic mass is 16.4. The van der Waals surface area contributed by atoms with Gasteiger partial charge in [-0.15, -0.1) is 0 Å². The fourth-order valence-electron chi connectivity index (χ4n) is 2.66. The summed E-state index contributed by atoms with van der Waals surface area (Å²) in [5.74, 6) is -1.33. The van der Waals surface area contributed by atoms with Crippen LogP contribution >= 0.6 is 0 Å². The molecule has 1 aromatic rings. The van der Waals surface area contributed by atoms with Gasteiger partial charge in [0.1, 0.15) is 12.2 Å². The molecule has 0 unspecified atom stereocenters. The summed E-state index contributed by atoms with van der Waals surface area (Å²) in [6, 6.07) is 7.44. The number of Topliss-reactive ketones (excluding diaryl/α,β-unsaturated/α-hetero) is 2. The van der Waals surface area contributed by atoms with Gasteiger partial charge in [-0.1, -0.05) is 0 Å². The van der Waals surface area contributed by atoms with Gasteiger partial charge in [-0.2, -0.15) is 0 Å². The summed E-state index contributed by atoms with van der Waals surface area (Å²) < 4.78 is 0. The number of hydrogen-bond acceptors (Lipinski definition) is 4. The zero-order chi connectivity index (χ0) is 15.4. The Bertz CT molecular complexity index is 542. The largest absolute Gasteiger partial charge is 0.481 e. The molecule has 1 heterocycles. The van der Waals surface area contributed by atoms with Crippen LogP contribution in [0.1, 0.15) is 36.5 Å². The van der Waals surface area contributed by atoms with Gasteiger partial charge in [0.05, 0.1) is 0 Å². The lowest BCUT2D eigenvalue weighted by molar-refractivity contribution is -0.141. The predicted molar refractivity (Wildman–Crippen MR) is 78.6 cm³/mol. The highest BCUT2D eigenvalue weighted by Gasteiger charge is 2.26. The predicted octanol–water partition coefficient (Wildman–Crippen LogP) is 2.15. The minimum absolute atomic E-state index is 0.0412. The second-order valence-electron chi connectivity index (χ2n) is 5.40. The van der Waals surface area contributed by atoms with Crippen LogP contribution in [0, 0.1) is 5.92 Å². The average Bonchev–Trinajstić information content (AvgIpc) is 2.47. The Labute approximate surface area is 123 Å². The molecule has 2 rings (SSSR count). The lowest BCUT2D eigenvalue weighted by atomic mass is 9.90. The number of aliphatic carboxylic acids is 1. The third-order valence-corrected chi connectivity index (χ3v) is 3.91. The lowest BCUT2D eigenvalue weighted by Gasteiger charge is -2.33. The van der Waals surface area contributed by atoms with E-state index in [4.69, 9.17) is 5.11 Å². The second-order valence-corrected chi connectivity index (χ2v) is 5.40. The van der Waals surface area contributed by atoms with Crippen LogP contribution in [0.25, 0.3) is 0 Å². The van der Waals surface area contributed by atoms with Gasteiger partial charge in [-0.25, -0.2) is 0 Å². The fraction of sp³-hybridized carbons (Fsp3) is 0.438. The van der Waals surface area contributed by atoms with Crippen molar-refractivity contribution in [2.24, 2.45) is 5.92 Å². The van der Waals surface area contributed by atoms with E-state index in [1.807, 2.05) is 12.1 Å². The molecule has 1 saturated heterocycles. The molecule has 112 valence electrons. The number of rotatable bonds is 5. The number of ketones is 2. The van der Waals surface area contributed by atoms with Gasteiger partial charge in [-0.3, -0.25) is 14.4 Å². The monoisotopic (exact) mass is 289 g/mol. The van der Waals surface area contributed by atoms with Crippen LogP contribution in [0.4, 0.5) is 5.69 Å². The van der Waals surface area contributed by atoms with Crippen molar-refractivity contribution >= 4 is 23.2 Å². The maximum Gasteiger partial charge on any atom is 0.310 e. The molecule has 21 heavy (non-hydrogen) atoms. The molecular weight excluding hydrogens is 270 g/mol. The van der Waals surface area contributed by atoms with E-state index in [-0.39, 0.29) is 23.9 Å². The van der Waals surface area contributed by atoms with Crippen LogP contribution in [0.5, 0.6) is 0 Å². The van der Waals surface area contributed by atoms with E-state index in [2.05, 4.69) is 4.90 Å². The Morgan fingerprint density at radius 2 is 1.71 bits per heavy atom. The first-order valence-corrected chi connectivity index (χ1v) is 7.08. The van der Waals surface area contributed by atoms with Gasteiger partial charge >= 0.3 is 5.97 Å². The molecule has 1 aromatic carbocycles. The maximum atomic E-state index is 11.7. The second kappa shape index (κ2) is 6.52. The number of benzene rings is 1. The number of carboxylic acids is 1. The first kappa shape index (κ1) is 15.2. The van der Waals surface area contributed by atoms with E-state index < -0.39 is 5.97 Å². The molecule has 5 nitrogen and oxygen atoms in total. The molecule has 1 fully saturated rings. The number of anilines is 1. The number of carbonyl (C=O) groups is 3. The number of hydrogen-bond donors (Lipinski definition) is 1. The Morgan fingerprint density at radius 3 is 2.19 bits per heavy atom. The van der Waals surface area contributed by atoms with Gasteiger partial charge in [-0.05, 0) is 44.0 Å². The molecule has 5 heteroatoms. The highest BCUT2D eigenvalue weighted by molar-refractivity contribution is 5.96. The van der Waals surface area contributed by atoms with Crippen LogP contribution in [0.15, 0.2) is 24.3 Å². The molecule has 0 radical (unpaired) electrons. The molecule has 0 saturated carbocycles. The molecule has 0 aromatic heterocycles. The normalized spacial score (nSPS) is 15.8. The Hall–Kier alpha value is -2.17. The number of carboxylic acid groups (broad SMARTS) is 1. The van der Waals surface area contributed by atoms with Crippen LogP contribution in [-0.4, -0.2) is 35.7 Å². The summed E-state index contributed by atoms with van der Waals surface area (Å²) in [6.07, 6.45) is 0.985. The minimum Gasteiger partial charge on any atom is -0.481 e. The first-order chi connectivity index (χ1) is 9.97. The van der Waals surface area contributed by atoms with E-state index in [0.29, 0.717) is 18.4 Å². The molecule has 0 atom stereocenters. The lowest BCUT2D eigenvalue weighted by Crippen LogP contribution is -2.36. The van der Waals surface area contributed by atoms with Gasteiger partial charge in [0.2, 0.25) is 0 Å². The first-order valence-electron chi connectivity index (χ1n) is 7.08. The fourth-order valence-corrected chi connectivity index (χ4v) is 2.66. The van der Waals surface area contributed by atoms with Crippen LogP contribution in [0.2, 0.25) is 0 Å². The van der Waals surface area contributed by atoms with Crippen molar-refractivity contribution in [1.29, 1.82) is 0 Å². The Morgan fingerprint density at radius 1 is 1.14 bits per heavy atom. The SMILES string of the molecule is CC(=O)c1ccc(N2CCC(C(=O)CC(=O)O)CC2)cc1. The Kier molecular flexibility index (Phi) is 4.73. The van der Waals surface area contributed by atoms with Crippen molar-refractivity contribution in [3.63, 3.8) is 0 Å². The molecule has 0 aliphatic carbocycles. The van der Waals surface area contributed by atoms with E-state index in [1.54, 1.807) is 12.1 Å². The zero-order valence-electron chi connectivity index (χ0n) is 12.0. The Balaban J connectivity index is 1.93. The van der Waals surface area contributed by atoms with Gasteiger partial charge in [0.15, 0.2) is 5.78 Å². The van der Waals surface area contributed by atoms with Crippen molar-refractivity contribution in [2.75, 3.05) is 18.0 Å². The summed E-state index contributed by atoms with van der Waals surface area (Å²) in [5, 5.41) is 8.66. The third kappa shape index (κ3) is 3.90. The van der Waals surface area contributed by atoms with Gasteiger partial charge in [0, 0.05) is 30.3 Å². The zero-order valence-corrected chi connectivity index (χ0v) is 12.0. The molecule has 0 bridgehead atoms. The van der Waals surface area contributed by atoms with E-state index in [0.717, 1.165) is 18.8 Å². The van der Waals surface area contributed by atoms with Crippen molar-refractivity contribution in [1.82, 2.24) is 0 Å². The van der Waals surface area contributed by atoms with E-state index >= 15 is 0 Å². The average molecular weight is 289 g/mol. The number of nitrogens with zero attached hydrogens (tertiary/aromatic N) is 1. The molecule has 1 aliphatic heterocycles. The van der Waals surface area contributed by atoms with Gasteiger partial charge in [0.25, 0.3) is 0 Å². The summed E-state index contributed by atoms with van der Waals surface area (Å²) >= 11 is 0. The molecule has 0 spiro atoms.